The molecule has 2 N–H and O–H groups in total. The Morgan fingerprint density at radius 2 is 1.09 bits per heavy atom. The summed E-state index contributed by atoms with van der Waals surface area (Å²) in [6, 6.07) is 0. The lowest BCUT2D eigenvalue weighted by Gasteiger charge is -2.18. The fourth-order valence-electron chi connectivity index (χ4n) is 3.43. The van der Waals surface area contributed by atoms with Crippen molar-refractivity contribution in [2.24, 2.45) is 0 Å². The summed E-state index contributed by atoms with van der Waals surface area (Å²) >= 11 is 0. The molecule has 0 aromatic rings. The Hall–Kier alpha value is -0.950. The largest absolute Gasteiger partial charge is 0.469 e. The summed E-state index contributed by atoms with van der Waals surface area (Å²) in [6.45, 7) is 3.49. The van der Waals surface area contributed by atoms with Gasteiger partial charge in [-0.15, -0.1) is 0 Å². The van der Waals surface area contributed by atoms with Crippen LogP contribution in [0.3, 0.4) is 0 Å². The lowest BCUT2D eigenvalue weighted by Crippen LogP contribution is -2.29. The van der Waals surface area contributed by atoms with Crippen molar-refractivity contribution < 1.29 is 37.9 Å². The summed E-state index contributed by atoms with van der Waals surface area (Å²) in [6.07, 6.45) is 16.1. The third-order valence-corrected chi connectivity index (χ3v) is 5.86. The number of esters is 2. The molecule has 9 heteroatoms. The van der Waals surface area contributed by atoms with Crippen molar-refractivity contribution in [3.63, 3.8) is 0 Å². The van der Waals surface area contributed by atoms with E-state index in [0.29, 0.717) is 6.42 Å². The van der Waals surface area contributed by atoms with Crippen LogP contribution in [-0.2, 0) is 28.2 Å². The Morgan fingerprint density at radius 1 is 0.667 bits per heavy atom. The van der Waals surface area contributed by atoms with E-state index in [1.165, 1.54) is 44.9 Å². The Morgan fingerprint density at radius 3 is 1.58 bits per heavy atom. The second-order valence-corrected chi connectivity index (χ2v) is 9.92. The second-order valence-electron chi connectivity index (χ2n) is 8.68. The average Bonchev–Trinajstić information content (AvgIpc) is 2.76. The molecule has 0 radical (unpaired) electrons. The van der Waals surface area contributed by atoms with Gasteiger partial charge in [0.25, 0.3) is 0 Å². The van der Waals surface area contributed by atoms with E-state index in [1.54, 1.807) is 0 Å². The van der Waals surface area contributed by atoms with Crippen LogP contribution >= 0.6 is 7.82 Å². The van der Waals surface area contributed by atoms with Crippen molar-refractivity contribution in [2.75, 3.05) is 13.2 Å². The van der Waals surface area contributed by atoms with Gasteiger partial charge in [0.2, 0.25) is 0 Å². The summed E-state index contributed by atoms with van der Waals surface area (Å²) in [5.74, 6) is -0.905. The van der Waals surface area contributed by atoms with Gasteiger partial charge in [0.15, 0.2) is 6.10 Å². The number of ether oxygens (including phenoxy) is 2. The molecule has 0 rings (SSSR count). The van der Waals surface area contributed by atoms with Gasteiger partial charge in [0.05, 0.1) is 6.61 Å². The monoisotopic (exact) mass is 494 g/mol. The molecule has 0 aromatic carbocycles. The fourth-order valence-corrected chi connectivity index (χ4v) is 3.79. The molecule has 0 aliphatic heterocycles. The lowest BCUT2D eigenvalue weighted by atomic mass is 10.1. The number of phosphoric ester groups is 1. The number of phosphoric acid groups is 1. The standard InChI is InChI=1S/C24H47O8P/c1-3-5-7-9-10-11-12-13-14-15-17-19-24(26)32-22(21-31-33(27,28)29)20-30-23(25)18-16-8-6-4-2/h22H,3-21H2,1-2H3,(H2,27,28,29)/t22-/m1/s1. The first-order valence-corrected chi connectivity index (χ1v) is 14.4. The predicted molar refractivity (Wildman–Crippen MR) is 129 cm³/mol. The first kappa shape index (κ1) is 32.0. The van der Waals surface area contributed by atoms with E-state index in [9.17, 15) is 14.2 Å². The van der Waals surface area contributed by atoms with Gasteiger partial charge >= 0.3 is 19.8 Å². The Labute approximate surface area is 200 Å². The first-order chi connectivity index (χ1) is 15.8. The third-order valence-electron chi connectivity index (χ3n) is 5.38. The van der Waals surface area contributed by atoms with E-state index < -0.39 is 32.5 Å². The molecular formula is C24H47O8P. The number of hydrogen-bond acceptors (Lipinski definition) is 6. The highest BCUT2D eigenvalue weighted by molar-refractivity contribution is 7.46. The molecular weight excluding hydrogens is 447 g/mol. The van der Waals surface area contributed by atoms with Gasteiger partial charge < -0.3 is 19.3 Å². The number of unbranched alkanes of at least 4 members (excludes halogenated alkanes) is 13. The zero-order chi connectivity index (χ0) is 24.8. The minimum atomic E-state index is -4.72. The summed E-state index contributed by atoms with van der Waals surface area (Å²) in [5.41, 5.74) is 0. The number of carbonyl (C=O) groups excluding carboxylic acids is 2. The Kier molecular flexibility index (Phi) is 21.0. The predicted octanol–water partition coefficient (Wildman–Crippen LogP) is 6.22. The summed E-state index contributed by atoms with van der Waals surface area (Å²) in [4.78, 5) is 41.7. The van der Waals surface area contributed by atoms with Crippen LogP contribution in [0.25, 0.3) is 0 Å². The molecule has 0 saturated heterocycles. The van der Waals surface area contributed by atoms with Crippen LogP contribution in [0.1, 0.15) is 123 Å². The normalized spacial score (nSPS) is 12.5. The highest BCUT2D eigenvalue weighted by atomic mass is 31.2. The van der Waals surface area contributed by atoms with Crippen molar-refractivity contribution >= 4 is 19.8 Å². The lowest BCUT2D eigenvalue weighted by molar-refractivity contribution is -0.161. The van der Waals surface area contributed by atoms with Crippen LogP contribution in [0.4, 0.5) is 0 Å². The summed E-state index contributed by atoms with van der Waals surface area (Å²) in [7, 11) is -4.72. The highest BCUT2D eigenvalue weighted by Gasteiger charge is 2.22. The highest BCUT2D eigenvalue weighted by Crippen LogP contribution is 2.35. The van der Waals surface area contributed by atoms with Crippen molar-refractivity contribution in [1.82, 2.24) is 0 Å². The maximum Gasteiger partial charge on any atom is 0.469 e. The van der Waals surface area contributed by atoms with Gasteiger partial charge in [-0.25, -0.2) is 4.57 Å². The molecule has 0 heterocycles. The van der Waals surface area contributed by atoms with Crippen molar-refractivity contribution in [1.29, 1.82) is 0 Å². The summed E-state index contributed by atoms with van der Waals surface area (Å²) in [5, 5.41) is 0. The van der Waals surface area contributed by atoms with Crippen molar-refractivity contribution in [3.8, 4) is 0 Å². The van der Waals surface area contributed by atoms with E-state index in [4.69, 9.17) is 19.3 Å². The number of hydrogen-bond donors (Lipinski definition) is 2. The molecule has 196 valence electrons. The molecule has 0 fully saturated rings. The topological polar surface area (TPSA) is 119 Å². The van der Waals surface area contributed by atoms with Crippen LogP contribution in [0.15, 0.2) is 0 Å². The molecule has 0 saturated carbocycles. The molecule has 8 nitrogen and oxygen atoms in total. The third kappa shape index (κ3) is 24.0. The molecule has 0 spiro atoms. The Balaban J connectivity index is 4.06. The molecule has 33 heavy (non-hydrogen) atoms. The molecule has 0 amide bonds. The smallest absolute Gasteiger partial charge is 0.462 e. The van der Waals surface area contributed by atoms with Gasteiger partial charge in [-0.05, 0) is 12.8 Å². The maximum absolute atomic E-state index is 12.1. The average molecular weight is 495 g/mol. The number of carbonyl (C=O) groups is 2. The Bertz CT molecular complexity index is 535. The minimum Gasteiger partial charge on any atom is -0.462 e. The van der Waals surface area contributed by atoms with Gasteiger partial charge in [-0.3, -0.25) is 14.1 Å². The van der Waals surface area contributed by atoms with Crippen molar-refractivity contribution in [2.45, 2.75) is 129 Å². The molecule has 0 aliphatic carbocycles. The quantitative estimate of drug-likeness (QED) is 0.0975. The van der Waals surface area contributed by atoms with Gasteiger partial charge in [0.1, 0.15) is 6.61 Å². The van der Waals surface area contributed by atoms with E-state index in [1.807, 2.05) is 0 Å². The van der Waals surface area contributed by atoms with Gasteiger partial charge in [0, 0.05) is 12.8 Å². The molecule has 0 unspecified atom stereocenters. The molecule has 1 atom stereocenters. The summed E-state index contributed by atoms with van der Waals surface area (Å²) < 4.78 is 25.8. The number of rotatable bonds is 23. The molecule has 0 aliphatic rings. The van der Waals surface area contributed by atoms with Crippen molar-refractivity contribution in [3.05, 3.63) is 0 Å². The SMILES string of the molecule is CCCCCCCCCCCCCC(=O)O[C@H](COC(=O)CCCCCC)COP(=O)(O)O. The molecule has 0 bridgehead atoms. The second kappa shape index (κ2) is 21.6. The van der Waals surface area contributed by atoms with Gasteiger partial charge in [-0.2, -0.15) is 0 Å². The minimum absolute atomic E-state index is 0.217. The van der Waals surface area contributed by atoms with E-state index in [-0.39, 0.29) is 19.4 Å². The van der Waals surface area contributed by atoms with E-state index in [0.717, 1.165) is 44.9 Å². The van der Waals surface area contributed by atoms with Crippen LogP contribution in [0.5, 0.6) is 0 Å². The zero-order valence-electron chi connectivity index (χ0n) is 20.8. The van der Waals surface area contributed by atoms with E-state index >= 15 is 0 Å². The van der Waals surface area contributed by atoms with Crippen LogP contribution in [-0.4, -0.2) is 41.0 Å². The van der Waals surface area contributed by atoms with Crippen LogP contribution in [0.2, 0.25) is 0 Å². The first-order valence-electron chi connectivity index (χ1n) is 12.8. The fraction of sp³-hybridized carbons (Fsp3) is 0.917. The molecule has 0 aromatic heterocycles. The van der Waals surface area contributed by atoms with Gasteiger partial charge in [-0.1, -0.05) is 97.3 Å². The van der Waals surface area contributed by atoms with Crippen LogP contribution < -0.4 is 0 Å². The zero-order valence-corrected chi connectivity index (χ0v) is 21.7. The maximum atomic E-state index is 12.1. The van der Waals surface area contributed by atoms with E-state index in [2.05, 4.69) is 18.4 Å². The van der Waals surface area contributed by atoms with Crippen LogP contribution in [0, 0.1) is 0 Å².